The zero-order valence-corrected chi connectivity index (χ0v) is 12.0. The molecule has 0 bridgehead atoms. The fraction of sp³-hybridized carbons (Fsp3) is 0.385. The van der Waals surface area contributed by atoms with E-state index in [4.69, 9.17) is 11.5 Å². The van der Waals surface area contributed by atoms with E-state index in [1.165, 1.54) is 0 Å². The Morgan fingerprint density at radius 3 is 2.53 bits per heavy atom. The van der Waals surface area contributed by atoms with Gasteiger partial charge in [0, 0.05) is 17.8 Å². The van der Waals surface area contributed by atoms with Gasteiger partial charge in [-0.15, -0.1) is 10.2 Å². The van der Waals surface area contributed by atoms with Crippen molar-refractivity contribution < 1.29 is 0 Å². The predicted octanol–water partition coefficient (Wildman–Crippen LogP) is 2.23. The average molecular weight is 277 g/mol. The summed E-state index contributed by atoms with van der Waals surface area (Å²) < 4.78 is 1.92. The first-order valence-corrected chi connectivity index (χ1v) is 7.22. The van der Waals surface area contributed by atoms with Crippen molar-refractivity contribution in [2.24, 2.45) is 5.73 Å². The topological polar surface area (TPSA) is 82.8 Å². The standard InChI is InChI=1S/C13H19N5S/c1-9(2)18-12(15)16-17-13(18)19-8-11(14)10-6-4-3-5-7-10/h3-7,9,11H,8,14H2,1-2H3,(H2,15,16). The Kier molecular flexibility index (Phi) is 4.44. The van der Waals surface area contributed by atoms with Crippen LogP contribution >= 0.6 is 11.8 Å². The number of aromatic nitrogens is 3. The van der Waals surface area contributed by atoms with Crippen LogP contribution in [0.1, 0.15) is 31.5 Å². The number of thioether (sulfide) groups is 1. The van der Waals surface area contributed by atoms with Crippen LogP contribution < -0.4 is 11.5 Å². The first-order valence-electron chi connectivity index (χ1n) is 6.23. The van der Waals surface area contributed by atoms with Gasteiger partial charge in [0.05, 0.1) is 0 Å². The van der Waals surface area contributed by atoms with Gasteiger partial charge in [0.2, 0.25) is 5.95 Å². The summed E-state index contributed by atoms with van der Waals surface area (Å²) in [7, 11) is 0. The molecule has 1 aromatic heterocycles. The lowest BCUT2D eigenvalue weighted by Crippen LogP contribution is -2.14. The van der Waals surface area contributed by atoms with E-state index in [9.17, 15) is 0 Å². The van der Waals surface area contributed by atoms with Gasteiger partial charge in [-0.25, -0.2) is 0 Å². The second-order valence-corrected chi connectivity index (χ2v) is 5.62. The van der Waals surface area contributed by atoms with Gasteiger partial charge in [0.25, 0.3) is 0 Å². The van der Waals surface area contributed by atoms with Crippen LogP contribution in [-0.2, 0) is 0 Å². The largest absolute Gasteiger partial charge is 0.368 e. The van der Waals surface area contributed by atoms with Crippen molar-refractivity contribution in [2.45, 2.75) is 31.1 Å². The van der Waals surface area contributed by atoms with E-state index >= 15 is 0 Å². The number of hydrogen-bond acceptors (Lipinski definition) is 5. The van der Waals surface area contributed by atoms with Crippen molar-refractivity contribution in [3.05, 3.63) is 35.9 Å². The van der Waals surface area contributed by atoms with Crippen molar-refractivity contribution in [1.29, 1.82) is 0 Å². The van der Waals surface area contributed by atoms with Crippen LogP contribution in [0.25, 0.3) is 0 Å². The van der Waals surface area contributed by atoms with Crippen LogP contribution in [0.2, 0.25) is 0 Å². The number of nitrogen functional groups attached to an aromatic ring is 1. The highest BCUT2D eigenvalue weighted by molar-refractivity contribution is 7.99. The monoisotopic (exact) mass is 277 g/mol. The molecule has 6 heteroatoms. The van der Waals surface area contributed by atoms with Crippen LogP contribution in [0, 0.1) is 0 Å². The van der Waals surface area contributed by atoms with Gasteiger partial charge in [-0.05, 0) is 19.4 Å². The van der Waals surface area contributed by atoms with Crippen molar-refractivity contribution >= 4 is 17.7 Å². The molecule has 0 saturated carbocycles. The highest BCUT2D eigenvalue weighted by Gasteiger charge is 2.14. The second kappa shape index (κ2) is 6.08. The molecular weight excluding hydrogens is 258 g/mol. The van der Waals surface area contributed by atoms with E-state index in [0.717, 1.165) is 16.5 Å². The molecule has 2 aromatic rings. The maximum Gasteiger partial charge on any atom is 0.222 e. The lowest BCUT2D eigenvalue weighted by atomic mass is 10.1. The highest BCUT2D eigenvalue weighted by atomic mass is 32.2. The summed E-state index contributed by atoms with van der Waals surface area (Å²) in [6, 6.07) is 10.3. The first-order chi connectivity index (χ1) is 9.09. The van der Waals surface area contributed by atoms with Crippen LogP contribution in [-0.4, -0.2) is 20.5 Å². The number of nitrogens with two attached hydrogens (primary N) is 2. The lowest BCUT2D eigenvalue weighted by molar-refractivity contribution is 0.556. The Hall–Kier alpha value is -1.53. The Labute approximate surface area is 117 Å². The van der Waals surface area contributed by atoms with E-state index < -0.39 is 0 Å². The average Bonchev–Trinajstić information content (AvgIpc) is 2.78. The van der Waals surface area contributed by atoms with Gasteiger partial charge in [0.15, 0.2) is 5.16 Å². The molecule has 0 spiro atoms. The molecule has 4 N–H and O–H groups in total. The van der Waals surface area contributed by atoms with Crippen molar-refractivity contribution in [3.8, 4) is 0 Å². The van der Waals surface area contributed by atoms with E-state index in [0.29, 0.717) is 5.95 Å². The van der Waals surface area contributed by atoms with Gasteiger partial charge >= 0.3 is 0 Å². The first kappa shape index (κ1) is 13.9. The number of hydrogen-bond donors (Lipinski definition) is 2. The van der Waals surface area contributed by atoms with E-state index in [-0.39, 0.29) is 12.1 Å². The third kappa shape index (κ3) is 3.27. The minimum absolute atomic E-state index is 0.0234. The minimum Gasteiger partial charge on any atom is -0.368 e. The molecule has 0 saturated heterocycles. The summed E-state index contributed by atoms with van der Waals surface area (Å²) >= 11 is 1.58. The fourth-order valence-electron chi connectivity index (χ4n) is 1.83. The zero-order chi connectivity index (χ0) is 13.8. The van der Waals surface area contributed by atoms with E-state index in [2.05, 4.69) is 24.0 Å². The van der Waals surface area contributed by atoms with E-state index in [1.807, 2.05) is 34.9 Å². The molecule has 102 valence electrons. The van der Waals surface area contributed by atoms with Gasteiger partial charge in [-0.1, -0.05) is 42.1 Å². The van der Waals surface area contributed by atoms with Gasteiger partial charge in [0.1, 0.15) is 0 Å². The highest BCUT2D eigenvalue weighted by Crippen LogP contribution is 2.25. The molecule has 0 fully saturated rings. The SMILES string of the molecule is CC(C)n1c(N)nnc1SCC(N)c1ccccc1. The number of nitrogens with zero attached hydrogens (tertiary/aromatic N) is 3. The van der Waals surface area contributed by atoms with Crippen LogP contribution in [0.5, 0.6) is 0 Å². The Morgan fingerprint density at radius 2 is 1.89 bits per heavy atom. The summed E-state index contributed by atoms with van der Waals surface area (Å²) in [5.74, 6) is 1.19. The van der Waals surface area contributed by atoms with Gasteiger partial charge < -0.3 is 11.5 Å². The number of benzene rings is 1. The van der Waals surface area contributed by atoms with Crippen LogP contribution in [0.4, 0.5) is 5.95 Å². The quantitative estimate of drug-likeness (QED) is 0.819. The Balaban J connectivity index is 2.03. The summed E-state index contributed by atoms with van der Waals surface area (Å²) in [5, 5.41) is 8.83. The molecule has 0 amide bonds. The third-order valence-corrected chi connectivity index (χ3v) is 3.89. The molecule has 19 heavy (non-hydrogen) atoms. The molecule has 1 unspecified atom stereocenters. The molecular formula is C13H19N5S. The molecule has 1 heterocycles. The molecule has 0 aliphatic heterocycles. The normalized spacial score (nSPS) is 12.8. The zero-order valence-electron chi connectivity index (χ0n) is 11.2. The minimum atomic E-state index is -0.0234. The maximum absolute atomic E-state index is 6.17. The summed E-state index contributed by atoms with van der Waals surface area (Å²) in [6.07, 6.45) is 0. The van der Waals surface area contributed by atoms with Crippen molar-refractivity contribution in [1.82, 2.24) is 14.8 Å². The van der Waals surface area contributed by atoms with Gasteiger partial charge in [-0.2, -0.15) is 0 Å². The van der Waals surface area contributed by atoms with Crippen molar-refractivity contribution in [2.75, 3.05) is 11.5 Å². The molecule has 1 atom stereocenters. The van der Waals surface area contributed by atoms with Gasteiger partial charge in [-0.3, -0.25) is 4.57 Å². The molecule has 1 aromatic carbocycles. The number of anilines is 1. The Bertz CT molecular complexity index is 523. The van der Waals surface area contributed by atoms with Crippen LogP contribution in [0.15, 0.2) is 35.5 Å². The fourth-order valence-corrected chi connectivity index (χ4v) is 2.90. The summed E-state index contributed by atoms with van der Waals surface area (Å²) in [5.41, 5.74) is 13.1. The smallest absolute Gasteiger partial charge is 0.222 e. The third-order valence-electron chi connectivity index (χ3n) is 2.83. The van der Waals surface area contributed by atoms with E-state index in [1.54, 1.807) is 11.8 Å². The molecule has 5 nitrogen and oxygen atoms in total. The van der Waals surface area contributed by atoms with Crippen LogP contribution in [0.3, 0.4) is 0 Å². The molecule has 0 aliphatic rings. The summed E-state index contributed by atoms with van der Waals surface area (Å²) in [4.78, 5) is 0. The Morgan fingerprint density at radius 1 is 1.21 bits per heavy atom. The molecule has 2 rings (SSSR count). The molecule has 0 aliphatic carbocycles. The summed E-state index contributed by atoms with van der Waals surface area (Å²) in [6.45, 7) is 4.11. The maximum atomic E-state index is 6.17. The van der Waals surface area contributed by atoms with Crippen molar-refractivity contribution in [3.63, 3.8) is 0 Å². The predicted molar refractivity (Wildman–Crippen MR) is 78.9 cm³/mol. The second-order valence-electron chi connectivity index (χ2n) is 4.63. The lowest BCUT2D eigenvalue weighted by Gasteiger charge is -2.14. The number of rotatable bonds is 5. The molecule has 0 radical (unpaired) electrons.